The van der Waals surface area contributed by atoms with Crippen LogP contribution in [0.3, 0.4) is 0 Å². The number of hydrogen-bond acceptors (Lipinski definition) is 2. The van der Waals surface area contributed by atoms with Crippen LogP contribution in [-0.2, 0) is 7.05 Å². The van der Waals surface area contributed by atoms with Gasteiger partial charge in [0.15, 0.2) is 5.52 Å². The van der Waals surface area contributed by atoms with Crippen molar-refractivity contribution in [3.8, 4) is 0 Å². The maximum atomic E-state index is 4.83. The molecule has 0 atom stereocenters. The molecule has 0 radical (unpaired) electrons. The van der Waals surface area contributed by atoms with Gasteiger partial charge < -0.3 is 0 Å². The Hall–Kier alpha value is -2.95. The van der Waals surface area contributed by atoms with Gasteiger partial charge in [-0.3, -0.25) is 4.98 Å². The lowest BCUT2D eigenvalue weighted by Crippen LogP contribution is -2.41. The molecule has 3 heterocycles. The van der Waals surface area contributed by atoms with E-state index >= 15 is 0 Å². The van der Waals surface area contributed by atoms with E-state index in [2.05, 4.69) is 37.8 Å². The normalized spacial score (nSPS) is 12.4. The maximum Gasteiger partial charge on any atom is 0.344 e. The number of imidazole rings is 1. The zero-order valence-electron chi connectivity index (χ0n) is 13.4. The molecule has 0 aliphatic rings. The van der Waals surface area contributed by atoms with Crippen LogP contribution in [0.2, 0.25) is 0 Å². The second-order valence-electron chi connectivity index (χ2n) is 5.51. The Balaban J connectivity index is 2.09. The molecule has 0 saturated carbocycles. The first kappa shape index (κ1) is 13.7. The van der Waals surface area contributed by atoms with E-state index in [-0.39, 0.29) is 0 Å². The van der Waals surface area contributed by atoms with E-state index in [9.17, 15) is 0 Å². The Morgan fingerprint density at radius 2 is 1.91 bits per heavy atom. The molecule has 5 heteroatoms. The largest absolute Gasteiger partial charge is 0.344 e. The van der Waals surface area contributed by atoms with Crippen molar-refractivity contribution in [2.75, 3.05) is 0 Å². The van der Waals surface area contributed by atoms with Gasteiger partial charge in [0.2, 0.25) is 0 Å². The Kier molecular flexibility index (Phi) is 3.01. The molecule has 0 aliphatic heterocycles. The van der Waals surface area contributed by atoms with E-state index in [1.165, 1.54) is 0 Å². The number of allylic oxidation sites excluding steroid dienone is 1. The van der Waals surface area contributed by atoms with Crippen molar-refractivity contribution in [1.82, 2.24) is 19.1 Å². The van der Waals surface area contributed by atoms with E-state index in [1.54, 1.807) is 0 Å². The molecule has 0 amide bonds. The van der Waals surface area contributed by atoms with Crippen molar-refractivity contribution < 1.29 is 4.68 Å². The predicted octanol–water partition coefficient (Wildman–Crippen LogP) is 2.73. The zero-order chi connectivity index (χ0) is 16.0. The Morgan fingerprint density at radius 3 is 2.65 bits per heavy atom. The maximum absolute atomic E-state index is 4.83. The van der Waals surface area contributed by atoms with Crippen molar-refractivity contribution in [3.63, 3.8) is 0 Å². The lowest BCUT2D eigenvalue weighted by atomic mass is 10.2. The van der Waals surface area contributed by atoms with Gasteiger partial charge in [0.25, 0.3) is 5.82 Å². The number of nitrogens with zero attached hydrogens (tertiary/aromatic N) is 5. The molecule has 0 aliphatic carbocycles. The Labute approximate surface area is 134 Å². The van der Waals surface area contributed by atoms with Crippen molar-refractivity contribution in [2.45, 2.75) is 13.8 Å². The van der Waals surface area contributed by atoms with Crippen molar-refractivity contribution in [3.05, 3.63) is 66.3 Å². The number of hydrogen-bond donors (Lipinski definition) is 0. The molecule has 3 aromatic heterocycles. The average Bonchev–Trinajstić information content (AvgIpc) is 3.07. The molecule has 4 aromatic rings. The molecular formula is C18H18N5+. The monoisotopic (exact) mass is 304 g/mol. The van der Waals surface area contributed by atoms with Crippen LogP contribution in [0.15, 0.2) is 54.7 Å². The van der Waals surface area contributed by atoms with Gasteiger partial charge in [-0.2, -0.15) is 14.1 Å². The summed E-state index contributed by atoms with van der Waals surface area (Å²) in [7, 11) is 2.05. The Morgan fingerprint density at radius 1 is 1.13 bits per heavy atom. The molecule has 4 rings (SSSR count). The first-order chi connectivity index (χ1) is 11.2. The van der Waals surface area contributed by atoms with Gasteiger partial charge in [0, 0.05) is 13.1 Å². The number of pyridine rings is 1. The number of para-hydroxylation sites is 2. The number of aromatic nitrogens is 5. The standard InChI is InChI=1S/C18H18N5/c1-4-16(14-9-7-8-12-19-14)23-18-20-15-10-5-6-11-17(15)22(18)13(2)21(23)3/h4-12H,1-3H3/q+1. The molecule has 114 valence electrons. The van der Waals surface area contributed by atoms with Crippen LogP contribution in [0.25, 0.3) is 22.5 Å². The molecule has 0 N–H and O–H groups in total. The summed E-state index contributed by atoms with van der Waals surface area (Å²) in [6.45, 7) is 4.13. The molecule has 0 bridgehead atoms. The molecule has 5 nitrogen and oxygen atoms in total. The topological polar surface area (TPSA) is 39.0 Å². The molecule has 1 aromatic carbocycles. The summed E-state index contributed by atoms with van der Waals surface area (Å²) >= 11 is 0. The van der Waals surface area contributed by atoms with Gasteiger partial charge in [0.1, 0.15) is 18.3 Å². The minimum Gasteiger partial charge on any atom is -0.255 e. The molecule has 0 unspecified atom stereocenters. The highest BCUT2D eigenvalue weighted by molar-refractivity contribution is 5.80. The van der Waals surface area contributed by atoms with Crippen LogP contribution >= 0.6 is 0 Å². The second-order valence-corrected chi connectivity index (χ2v) is 5.51. The quantitative estimate of drug-likeness (QED) is 0.534. The highest BCUT2D eigenvalue weighted by Gasteiger charge is 2.26. The van der Waals surface area contributed by atoms with Crippen LogP contribution in [0.1, 0.15) is 18.4 Å². The van der Waals surface area contributed by atoms with Crippen LogP contribution in [0.5, 0.6) is 0 Å². The highest BCUT2D eigenvalue weighted by Crippen LogP contribution is 2.21. The number of aryl methyl sites for hydroxylation is 1. The third kappa shape index (κ3) is 1.90. The van der Waals surface area contributed by atoms with Crippen LogP contribution in [0.4, 0.5) is 0 Å². The number of fused-ring (bicyclic) bond motifs is 3. The van der Waals surface area contributed by atoms with Crippen LogP contribution in [0, 0.1) is 6.92 Å². The Bertz CT molecular complexity index is 1040. The number of benzene rings is 1. The summed E-state index contributed by atoms with van der Waals surface area (Å²) in [6.07, 6.45) is 3.88. The van der Waals surface area contributed by atoms with E-state index in [0.29, 0.717) is 0 Å². The minimum atomic E-state index is 0.893. The summed E-state index contributed by atoms with van der Waals surface area (Å²) in [5.74, 6) is 2.01. The first-order valence-corrected chi connectivity index (χ1v) is 7.65. The lowest BCUT2D eigenvalue weighted by Gasteiger charge is -2.06. The average molecular weight is 304 g/mol. The smallest absolute Gasteiger partial charge is 0.255 e. The van der Waals surface area contributed by atoms with Crippen molar-refractivity contribution in [1.29, 1.82) is 0 Å². The fourth-order valence-corrected chi connectivity index (χ4v) is 3.06. The lowest BCUT2D eigenvalue weighted by molar-refractivity contribution is -0.748. The van der Waals surface area contributed by atoms with Crippen LogP contribution < -0.4 is 4.68 Å². The van der Waals surface area contributed by atoms with Crippen molar-refractivity contribution >= 4 is 22.5 Å². The summed E-state index contributed by atoms with van der Waals surface area (Å²) in [4.78, 5) is 9.33. The predicted molar refractivity (Wildman–Crippen MR) is 89.9 cm³/mol. The summed E-state index contributed by atoms with van der Waals surface area (Å²) in [5, 5.41) is 0. The second kappa shape index (κ2) is 5.05. The first-order valence-electron chi connectivity index (χ1n) is 7.65. The summed E-state index contributed by atoms with van der Waals surface area (Å²) in [6, 6.07) is 14.2. The fraction of sp³-hybridized carbons (Fsp3) is 0.167. The van der Waals surface area contributed by atoms with Crippen molar-refractivity contribution in [2.24, 2.45) is 7.05 Å². The molecule has 23 heavy (non-hydrogen) atoms. The minimum absolute atomic E-state index is 0.893. The summed E-state index contributed by atoms with van der Waals surface area (Å²) < 4.78 is 6.40. The van der Waals surface area contributed by atoms with E-state index in [0.717, 1.165) is 34.0 Å². The molecular weight excluding hydrogens is 286 g/mol. The van der Waals surface area contributed by atoms with Gasteiger partial charge in [-0.05, 0) is 31.2 Å². The SMILES string of the molecule is CC=C(c1ccccn1)n1c2nc3ccccc3n2c(C)[n+]1C. The third-order valence-electron chi connectivity index (χ3n) is 4.25. The van der Waals surface area contributed by atoms with Gasteiger partial charge in [-0.25, -0.2) is 0 Å². The third-order valence-corrected chi connectivity index (χ3v) is 4.25. The highest BCUT2D eigenvalue weighted by atomic mass is 15.5. The van der Waals surface area contributed by atoms with E-state index < -0.39 is 0 Å². The molecule has 0 spiro atoms. The zero-order valence-corrected chi connectivity index (χ0v) is 13.4. The van der Waals surface area contributed by atoms with E-state index in [1.807, 2.05) is 56.6 Å². The van der Waals surface area contributed by atoms with E-state index in [4.69, 9.17) is 4.98 Å². The molecule has 0 saturated heterocycles. The molecule has 0 fully saturated rings. The summed E-state index contributed by atoms with van der Waals surface area (Å²) in [5.41, 5.74) is 4.05. The number of rotatable bonds is 2. The van der Waals surface area contributed by atoms with Gasteiger partial charge in [-0.15, -0.1) is 4.68 Å². The van der Waals surface area contributed by atoms with Gasteiger partial charge in [-0.1, -0.05) is 24.3 Å². The van der Waals surface area contributed by atoms with Gasteiger partial charge in [0.05, 0.1) is 5.69 Å². The van der Waals surface area contributed by atoms with Gasteiger partial charge >= 0.3 is 5.78 Å². The van der Waals surface area contributed by atoms with Crippen LogP contribution in [-0.4, -0.2) is 19.1 Å². The fourth-order valence-electron chi connectivity index (χ4n) is 3.06.